The maximum Gasteiger partial charge on any atom is 0.419 e. The highest BCUT2D eigenvalue weighted by Gasteiger charge is 2.43. The minimum Gasteiger partial charge on any atom is -0.203 e. The largest absolute Gasteiger partial charge is 0.419 e. The SMILES string of the molecule is CCCC1(c2ccc(C(F)(F)F)c(F)c2F)CCC(C2CCCCC2)CC1. The maximum atomic E-state index is 14.7. The number of alkyl halides is 3. The molecule has 0 amide bonds. The first-order valence-corrected chi connectivity index (χ1v) is 10.3. The Hall–Kier alpha value is -1.13. The summed E-state index contributed by atoms with van der Waals surface area (Å²) in [5.74, 6) is -1.69. The van der Waals surface area contributed by atoms with E-state index < -0.39 is 28.8 Å². The Morgan fingerprint density at radius 2 is 1.48 bits per heavy atom. The zero-order valence-electron chi connectivity index (χ0n) is 16.0. The molecule has 0 atom stereocenters. The fourth-order valence-corrected chi connectivity index (χ4v) is 5.58. The van der Waals surface area contributed by atoms with E-state index in [-0.39, 0.29) is 5.56 Å². The molecule has 0 heterocycles. The Labute approximate surface area is 158 Å². The van der Waals surface area contributed by atoms with Gasteiger partial charge in [0.25, 0.3) is 0 Å². The fourth-order valence-electron chi connectivity index (χ4n) is 5.58. The van der Waals surface area contributed by atoms with Crippen LogP contribution in [0.25, 0.3) is 0 Å². The molecule has 2 fully saturated rings. The number of rotatable bonds is 4. The molecule has 0 radical (unpaired) electrons. The summed E-state index contributed by atoms with van der Waals surface area (Å²) in [6.45, 7) is 1.99. The van der Waals surface area contributed by atoms with Crippen molar-refractivity contribution < 1.29 is 22.0 Å². The quantitative estimate of drug-likeness (QED) is 0.462. The van der Waals surface area contributed by atoms with Gasteiger partial charge < -0.3 is 0 Å². The van der Waals surface area contributed by atoms with Gasteiger partial charge in [0.15, 0.2) is 11.6 Å². The van der Waals surface area contributed by atoms with E-state index in [0.29, 0.717) is 12.3 Å². The monoisotopic (exact) mass is 388 g/mol. The lowest BCUT2D eigenvalue weighted by Crippen LogP contribution is -2.35. The molecule has 2 aliphatic carbocycles. The molecule has 5 heteroatoms. The molecule has 1 aromatic carbocycles. The molecule has 2 aliphatic rings. The van der Waals surface area contributed by atoms with E-state index in [1.54, 1.807) is 0 Å². The van der Waals surface area contributed by atoms with Gasteiger partial charge in [-0.3, -0.25) is 0 Å². The number of hydrogen-bond donors (Lipinski definition) is 0. The van der Waals surface area contributed by atoms with Crippen molar-refractivity contribution in [2.45, 2.75) is 89.1 Å². The van der Waals surface area contributed by atoms with Gasteiger partial charge in [-0.1, -0.05) is 51.5 Å². The highest BCUT2D eigenvalue weighted by Crippen LogP contribution is 2.50. The van der Waals surface area contributed by atoms with Crippen molar-refractivity contribution in [1.82, 2.24) is 0 Å². The predicted molar refractivity (Wildman–Crippen MR) is 96.5 cm³/mol. The average Bonchev–Trinajstić information content (AvgIpc) is 2.64. The van der Waals surface area contributed by atoms with E-state index in [0.717, 1.165) is 44.1 Å². The third kappa shape index (κ3) is 4.17. The molecule has 27 heavy (non-hydrogen) atoms. The first-order valence-electron chi connectivity index (χ1n) is 10.3. The summed E-state index contributed by atoms with van der Waals surface area (Å²) in [7, 11) is 0. The van der Waals surface area contributed by atoms with Crippen LogP contribution in [0.15, 0.2) is 12.1 Å². The van der Waals surface area contributed by atoms with Gasteiger partial charge in [-0.25, -0.2) is 8.78 Å². The summed E-state index contributed by atoms with van der Waals surface area (Å²) in [4.78, 5) is 0. The van der Waals surface area contributed by atoms with Crippen LogP contribution in [0.1, 0.15) is 88.7 Å². The van der Waals surface area contributed by atoms with Crippen LogP contribution in [0.3, 0.4) is 0 Å². The molecule has 0 bridgehead atoms. The molecule has 0 N–H and O–H groups in total. The van der Waals surface area contributed by atoms with Crippen LogP contribution in [-0.2, 0) is 11.6 Å². The van der Waals surface area contributed by atoms with Crippen LogP contribution in [0.5, 0.6) is 0 Å². The molecular weight excluding hydrogens is 359 g/mol. The summed E-state index contributed by atoms with van der Waals surface area (Å²) in [5.41, 5.74) is -1.89. The second kappa shape index (κ2) is 8.08. The van der Waals surface area contributed by atoms with Gasteiger partial charge in [-0.15, -0.1) is 0 Å². The van der Waals surface area contributed by atoms with Gasteiger partial charge in [-0.05, 0) is 61.0 Å². The Morgan fingerprint density at radius 3 is 2.04 bits per heavy atom. The molecular formula is C22H29F5. The summed E-state index contributed by atoms with van der Waals surface area (Å²) >= 11 is 0. The topological polar surface area (TPSA) is 0 Å². The average molecular weight is 388 g/mol. The lowest BCUT2D eigenvalue weighted by molar-refractivity contribution is -0.140. The molecule has 3 rings (SSSR count). The third-order valence-corrected chi connectivity index (χ3v) is 6.99. The third-order valence-electron chi connectivity index (χ3n) is 6.99. The molecule has 0 nitrogen and oxygen atoms in total. The van der Waals surface area contributed by atoms with Crippen LogP contribution in [0, 0.1) is 23.5 Å². The Balaban J connectivity index is 1.85. The van der Waals surface area contributed by atoms with E-state index in [1.807, 2.05) is 6.92 Å². The maximum absolute atomic E-state index is 14.7. The van der Waals surface area contributed by atoms with Gasteiger partial charge in [0.1, 0.15) is 0 Å². The number of benzene rings is 1. The summed E-state index contributed by atoms with van der Waals surface area (Å²) in [5, 5.41) is 0. The molecule has 0 spiro atoms. The normalized spacial score (nSPS) is 27.7. The van der Waals surface area contributed by atoms with Gasteiger partial charge >= 0.3 is 6.18 Å². The van der Waals surface area contributed by atoms with Crippen molar-refractivity contribution in [3.8, 4) is 0 Å². The van der Waals surface area contributed by atoms with E-state index in [4.69, 9.17) is 0 Å². The zero-order valence-corrected chi connectivity index (χ0v) is 16.0. The second-order valence-electron chi connectivity index (χ2n) is 8.55. The van der Waals surface area contributed by atoms with Crippen LogP contribution < -0.4 is 0 Å². The van der Waals surface area contributed by atoms with E-state index in [1.165, 1.54) is 38.2 Å². The molecule has 1 aromatic rings. The van der Waals surface area contributed by atoms with E-state index in [9.17, 15) is 22.0 Å². The van der Waals surface area contributed by atoms with Gasteiger partial charge in [-0.2, -0.15) is 13.2 Å². The first kappa shape index (κ1) is 20.6. The van der Waals surface area contributed by atoms with Crippen LogP contribution in [-0.4, -0.2) is 0 Å². The van der Waals surface area contributed by atoms with Gasteiger partial charge in [0.05, 0.1) is 5.56 Å². The van der Waals surface area contributed by atoms with Gasteiger partial charge in [0.2, 0.25) is 0 Å². The first-order chi connectivity index (χ1) is 12.8. The predicted octanol–water partition coefficient (Wildman–Crippen LogP) is 7.79. The van der Waals surface area contributed by atoms with Crippen molar-refractivity contribution in [3.05, 3.63) is 34.9 Å². The lowest BCUT2D eigenvalue weighted by atomic mass is 9.61. The summed E-state index contributed by atoms with van der Waals surface area (Å²) in [6, 6.07) is 1.91. The van der Waals surface area contributed by atoms with E-state index >= 15 is 0 Å². The van der Waals surface area contributed by atoms with Crippen LogP contribution in [0.2, 0.25) is 0 Å². The molecule has 0 aliphatic heterocycles. The highest BCUT2D eigenvalue weighted by atomic mass is 19.4. The Morgan fingerprint density at radius 1 is 0.889 bits per heavy atom. The zero-order chi connectivity index (χ0) is 19.7. The molecule has 0 saturated heterocycles. The Kier molecular flexibility index (Phi) is 6.17. The fraction of sp³-hybridized carbons (Fsp3) is 0.727. The van der Waals surface area contributed by atoms with Crippen LogP contribution in [0.4, 0.5) is 22.0 Å². The van der Waals surface area contributed by atoms with Crippen molar-refractivity contribution in [2.75, 3.05) is 0 Å². The number of hydrogen-bond acceptors (Lipinski definition) is 0. The minimum absolute atomic E-state index is 0.150. The molecule has 0 aromatic heterocycles. The highest BCUT2D eigenvalue weighted by molar-refractivity contribution is 5.34. The van der Waals surface area contributed by atoms with Gasteiger partial charge in [0, 0.05) is 0 Å². The second-order valence-corrected chi connectivity index (χ2v) is 8.55. The number of halogens is 5. The minimum atomic E-state index is -4.87. The summed E-state index contributed by atoms with van der Waals surface area (Å²) < 4.78 is 67.6. The van der Waals surface area contributed by atoms with Crippen LogP contribution >= 0.6 is 0 Å². The van der Waals surface area contributed by atoms with Crippen molar-refractivity contribution in [2.24, 2.45) is 11.8 Å². The lowest BCUT2D eigenvalue weighted by Gasteiger charge is -2.44. The standard InChI is InChI=1S/C22H29F5/c1-2-12-21(13-10-16(11-14-21)15-6-4-3-5-7-15)17-8-9-18(22(25,26)27)20(24)19(17)23/h8-9,15-16H,2-7,10-14H2,1H3. The molecule has 2 saturated carbocycles. The van der Waals surface area contributed by atoms with E-state index in [2.05, 4.69) is 0 Å². The van der Waals surface area contributed by atoms with Crippen molar-refractivity contribution in [3.63, 3.8) is 0 Å². The molecule has 0 unspecified atom stereocenters. The smallest absolute Gasteiger partial charge is 0.203 e. The Bertz CT molecular complexity index is 635. The van der Waals surface area contributed by atoms with Crippen molar-refractivity contribution >= 4 is 0 Å². The summed E-state index contributed by atoms with van der Waals surface area (Å²) in [6.07, 6.45) is 6.40. The van der Waals surface area contributed by atoms with Crippen molar-refractivity contribution in [1.29, 1.82) is 0 Å². The molecule has 152 valence electrons.